The molecule has 32 valence electrons. The van der Waals surface area contributed by atoms with E-state index in [1.807, 2.05) is 0 Å². The van der Waals surface area contributed by atoms with Gasteiger partial charge in [0.15, 0.2) is 0 Å². The topological polar surface area (TPSA) is 66.5 Å². The van der Waals surface area contributed by atoms with Gasteiger partial charge in [-0.15, -0.1) is 0 Å². The van der Waals surface area contributed by atoms with Gasteiger partial charge >= 0.3 is 20.4 Å². The molecule has 4 heteroatoms. The van der Waals surface area contributed by atoms with Gasteiger partial charge in [0.25, 0.3) is 0 Å². The number of rotatable bonds is 0. The molecule has 0 amide bonds. The fourth-order valence-corrected chi connectivity index (χ4v) is 0. The number of halogens is 1. The van der Waals surface area contributed by atoms with Gasteiger partial charge in [-0.2, -0.15) is 0 Å². The quantitative estimate of drug-likeness (QED) is 0.380. The third-order valence-electron chi connectivity index (χ3n) is 0. The van der Waals surface area contributed by atoms with Gasteiger partial charge in [-0.1, -0.05) is 0 Å². The van der Waals surface area contributed by atoms with E-state index in [1.165, 1.54) is 0 Å². The fraction of sp³-hybridized carbons (Fsp3) is 0. The maximum Gasteiger partial charge on any atom is 2.00 e. The Kier molecular flexibility index (Phi) is 1010. The summed E-state index contributed by atoms with van der Waals surface area (Å²) in [6.07, 6.45) is 0. The van der Waals surface area contributed by atoms with Gasteiger partial charge in [0, 0.05) is 0 Å². The molecule has 0 fully saturated rings. The van der Waals surface area contributed by atoms with Crippen LogP contribution < -0.4 is 18.6 Å². The van der Waals surface area contributed by atoms with Gasteiger partial charge in [0.2, 0.25) is 0 Å². The Bertz CT molecular complexity index is 8.00. The summed E-state index contributed by atoms with van der Waals surface area (Å²) in [6.45, 7) is 0. The molecule has 4 heavy (non-hydrogen) atoms. The summed E-state index contributed by atoms with van der Waals surface area (Å²) in [5, 5.41) is 0. The van der Waals surface area contributed by atoms with Crippen molar-refractivity contribution in [1.29, 1.82) is 0 Å². The summed E-state index contributed by atoms with van der Waals surface area (Å²) >= 11 is 0. The van der Waals surface area contributed by atoms with Crippen molar-refractivity contribution < 1.29 is 38.3 Å². The first-order chi connectivity index (χ1) is 0. The van der Waals surface area contributed by atoms with Crippen molar-refractivity contribution in [2.75, 3.05) is 0 Å². The van der Waals surface area contributed by atoms with Crippen molar-refractivity contribution in [3.8, 4) is 0 Å². The van der Waals surface area contributed by atoms with Crippen molar-refractivity contribution in [2.45, 2.75) is 0 Å². The van der Waals surface area contributed by atoms with E-state index in [1.54, 1.807) is 0 Å². The normalized spacial score (nSPS) is 0. The second-order valence-corrected chi connectivity index (χ2v) is 0. The zero-order valence-corrected chi connectivity index (χ0v) is 4.21. The maximum absolute atomic E-state index is 0. The Labute approximate surface area is 44.9 Å². The molecule has 0 aromatic rings. The molecule has 0 aromatic heterocycles. The fourth-order valence-electron chi connectivity index (χ4n) is 0. The first-order valence-corrected chi connectivity index (χ1v) is 0. The van der Waals surface area contributed by atoms with Gasteiger partial charge in [0.1, 0.15) is 0 Å². The van der Waals surface area contributed by atoms with Gasteiger partial charge < -0.3 is 24.0 Å². The van der Waals surface area contributed by atoms with Crippen LogP contribution in [0.15, 0.2) is 0 Å². The standard InChI is InChI=1S/ClH.H3N.H2O.Pd/h1H;1H3;1H2;/q;;;+2/p-1. The Morgan fingerprint density at radius 1 is 1.00 bits per heavy atom. The average molecular weight is 177 g/mol. The molecule has 0 saturated heterocycles. The molecular weight excluding hydrogens is 172 g/mol. The van der Waals surface area contributed by atoms with Gasteiger partial charge in [-0.25, -0.2) is 0 Å². The van der Waals surface area contributed by atoms with Crippen LogP contribution in [0.2, 0.25) is 0 Å². The van der Waals surface area contributed by atoms with Crippen LogP contribution in [0.25, 0.3) is 0 Å². The van der Waals surface area contributed by atoms with Crippen molar-refractivity contribution in [3.05, 3.63) is 0 Å². The van der Waals surface area contributed by atoms with E-state index in [0.717, 1.165) is 0 Å². The Morgan fingerprint density at radius 3 is 1.00 bits per heavy atom. The third-order valence-corrected chi connectivity index (χ3v) is 0. The summed E-state index contributed by atoms with van der Waals surface area (Å²) < 4.78 is 0. The summed E-state index contributed by atoms with van der Waals surface area (Å²) in [5.74, 6) is 0. The number of hydrogen-bond donors (Lipinski definition) is 1. The number of hydrogen-bond acceptors (Lipinski definition) is 1. The Balaban J connectivity index is 0. The van der Waals surface area contributed by atoms with E-state index >= 15 is 0 Å². The Hall–Kier alpha value is 0.872. The van der Waals surface area contributed by atoms with Crippen LogP contribution in [-0.4, -0.2) is 5.48 Å². The van der Waals surface area contributed by atoms with Crippen molar-refractivity contribution in [1.82, 2.24) is 6.15 Å². The molecule has 0 aliphatic carbocycles. The van der Waals surface area contributed by atoms with E-state index < -0.39 is 0 Å². The molecule has 5 N–H and O–H groups in total. The van der Waals surface area contributed by atoms with Crippen LogP contribution in [0.1, 0.15) is 0 Å². The minimum atomic E-state index is 0. The molecule has 2 nitrogen and oxygen atoms in total. The van der Waals surface area contributed by atoms with Crippen molar-refractivity contribution in [3.63, 3.8) is 0 Å². The van der Waals surface area contributed by atoms with Crippen LogP contribution >= 0.6 is 0 Å². The molecule has 0 heterocycles. The summed E-state index contributed by atoms with van der Waals surface area (Å²) in [5.41, 5.74) is 0. The molecule has 0 saturated carbocycles. The average Bonchev–Trinajstić information content (AvgIpc) is 0. The smallest absolute Gasteiger partial charge is 1.00 e. The molecule has 0 rings (SSSR count). The molecule has 0 aliphatic rings. The van der Waals surface area contributed by atoms with Crippen LogP contribution in [-0.2, 0) is 20.4 Å². The molecule has 0 aliphatic heterocycles. The SMILES string of the molecule is N.O.[Cl-].[Pd+2]. The first kappa shape index (κ1) is 96.0. The monoisotopic (exact) mass is 176 g/mol. The largest absolute Gasteiger partial charge is 2.00 e. The van der Waals surface area contributed by atoms with E-state index in [4.69, 9.17) is 0 Å². The predicted octanol–water partition coefficient (Wildman–Crippen LogP) is -3.66. The van der Waals surface area contributed by atoms with Gasteiger partial charge in [-0.3, -0.25) is 0 Å². The van der Waals surface area contributed by atoms with Crippen molar-refractivity contribution in [2.24, 2.45) is 0 Å². The third kappa shape index (κ3) is 13.2. The predicted molar refractivity (Wildman–Crippen MR) is 8.64 cm³/mol. The zero-order valence-electron chi connectivity index (χ0n) is 1.90. The van der Waals surface area contributed by atoms with Crippen LogP contribution in [0.3, 0.4) is 0 Å². The summed E-state index contributed by atoms with van der Waals surface area (Å²) in [4.78, 5) is 0. The molecule has 0 atom stereocenters. The van der Waals surface area contributed by atoms with E-state index in [0.29, 0.717) is 0 Å². The minimum absolute atomic E-state index is 0. The second kappa shape index (κ2) is 42.0. The van der Waals surface area contributed by atoms with Gasteiger partial charge in [0.05, 0.1) is 0 Å². The molecule has 0 radical (unpaired) electrons. The molecule has 0 unspecified atom stereocenters. The molecule has 0 aromatic carbocycles. The maximum atomic E-state index is 0. The second-order valence-electron chi connectivity index (χ2n) is 0. The van der Waals surface area contributed by atoms with Crippen LogP contribution in [0.4, 0.5) is 0 Å². The Morgan fingerprint density at radius 2 is 1.00 bits per heavy atom. The van der Waals surface area contributed by atoms with E-state index in [2.05, 4.69) is 0 Å². The molecule has 0 spiro atoms. The summed E-state index contributed by atoms with van der Waals surface area (Å²) in [6, 6.07) is 0. The van der Waals surface area contributed by atoms with Crippen molar-refractivity contribution >= 4 is 0 Å². The van der Waals surface area contributed by atoms with Crippen LogP contribution in [0.5, 0.6) is 0 Å². The van der Waals surface area contributed by atoms with Crippen LogP contribution in [0, 0.1) is 0 Å². The molecule has 0 bridgehead atoms. The summed E-state index contributed by atoms with van der Waals surface area (Å²) in [7, 11) is 0. The molecular formula is H5ClNOPd+. The zero-order chi connectivity index (χ0) is 0. The van der Waals surface area contributed by atoms with E-state index in [-0.39, 0.29) is 44.5 Å². The van der Waals surface area contributed by atoms with Gasteiger partial charge in [-0.05, 0) is 0 Å². The minimum Gasteiger partial charge on any atom is -1.00 e. The van der Waals surface area contributed by atoms with E-state index in [9.17, 15) is 0 Å². The first-order valence-electron chi connectivity index (χ1n) is 0.